The Labute approximate surface area is 211 Å². The molecule has 0 atom stereocenters. The van der Waals surface area contributed by atoms with E-state index in [2.05, 4.69) is 20.2 Å². The number of imidazole rings is 1. The molecule has 36 heavy (non-hydrogen) atoms. The standard InChI is InChI=1S/C27H23N5O3S/c1-35-26(34)24(25-28-20-14-8-9-15-21(20)29-25)22(33)17-36-27-31-30-23(16-18-10-4-2-5-11-18)32(27)19-12-6-3-7-13-19/h2-15,33H,16-17H2,1H3,(H,28,29)/b24-22+. The van der Waals surface area contributed by atoms with Crippen molar-refractivity contribution in [1.82, 2.24) is 24.7 Å². The van der Waals surface area contributed by atoms with Crippen molar-refractivity contribution in [1.29, 1.82) is 0 Å². The van der Waals surface area contributed by atoms with Crippen molar-refractivity contribution in [2.45, 2.75) is 11.6 Å². The van der Waals surface area contributed by atoms with Crippen LogP contribution in [-0.4, -0.2) is 48.7 Å². The van der Waals surface area contributed by atoms with Crippen LogP contribution in [0.1, 0.15) is 17.2 Å². The van der Waals surface area contributed by atoms with E-state index in [9.17, 15) is 9.90 Å². The molecule has 5 aromatic rings. The highest BCUT2D eigenvalue weighted by atomic mass is 32.2. The maximum Gasteiger partial charge on any atom is 0.345 e. The maximum atomic E-state index is 12.6. The summed E-state index contributed by atoms with van der Waals surface area (Å²) in [6.07, 6.45) is 0.595. The van der Waals surface area contributed by atoms with Crippen LogP contribution >= 0.6 is 11.8 Å². The number of H-pyrrole nitrogens is 1. The van der Waals surface area contributed by atoms with Crippen molar-refractivity contribution in [2.75, 3.05) is 12.9 Å². The van der Waals surface area contributed by atoms with Crippen LogP contribution in [0.25, 0.3) is 22.3 Å². The summed E-state index contributed by atoms with van der Waals surface area (Å²) in [5.41, 5.74) is 3.44. The number of fused-ring (bicyclic) bond motifs is 1. The Morgan fingerprint density at radius 2 is 1.67 bits per heavy atom. The number of carbonyl (C=O) groups excluding carboxylic acids is 1. The molecule has 0 radical (unpaired) electrons. The number of aliphatic hydroxyl groups is 1. The minimum Gasteiger partial charge on any atom is -0.510 e. The molecule has 0 amide bonds. The molecular formula is C27H23N5O3S. The molecule has 0 saturated heterocycles. The van der Waals surface area contributed by atoms with E-state index in [1.807, 2.05) is 89.5 Å². The van der Waals surface area contributed by atoms with Gasteiger partial charge < -0.3 is 14.8 Å². The van der Waals surface area contributed by atoms with Gasteiger partial charge in [0.1, 0.15) is 23.0 Å². The molecule has 0 aliphatic carbocycles. The number of para-hydroxylation sites is 3. The summed E-state index contributed by atoms with van der Waals surface area (Å²) in [7, 11) is 1.27. The normalized spacial score (nSPS) is 11.9. The molecule has 0 aliphatic heterocycles. The number of thioether (sulfide) groups is 1. The van der Waals surface area contributed by atoms with Gasteiger partial charge in [-0.1, -0.05) is 72.4 Å². The minimum atomic E-state index is -0.679. The van der Waals surface area contributed by atoms with Gasteiger partial charge in [0.2, 0.25) is 0 Å². The molecule has 8 nitrogen and oxygen atoms in total. The lowest BCUT2D eigenvalue weighted by Gasteiger charge is -2.11. The van der Waals surface area contributed by atoms with E-state index < -0.39 is 5.97 Å². The molecule has 5 rings (SSSR count). The Hall–Kier alpha value is -4.37. The second-order valence-electron chi connectivity index (χ2n) is 7.94. The van der Waals surface area contributed by atoms with Gasteiger partial charge in [0.25, 0.3) is 0 Å². The highest BCUT2D eigenvalue weighted by molar-refractivity contribution is 7.99. The zero-order valence-corrected chi connectivity index (χ0v) is 20.3. The van der Waals surface area contributed by atoms with E-state index >= 15 is 0 Å². The highest BCUT2D eigenvalue weighted by Gasteiger charge is 2.23. The molecule has 2 N–H and O–H groups in total. The number of ether oxygens (including phenoxy) is 1. The first kappa shape index (κ1) is 23.4. The number of esters is 1. The molecule has 0 aliphatic rings. The zero-order chi connectivity index (χ0) is 24.9. The molecule has 9 heteroatoms. The fourth-order valence-corrected chi connectivity index (χ4v) is 4.70. The Kier molecular flexibility index (Phi) is 6.81. The number of aromatic nitrogens is 5. The van der Waals surface area contributed by atoms with Crippen molar-refractivity contribution in [3.63, 3.8) is 0 Å². The van der Waals surface area contributed by atoms with Gasteiger partial charge in [0.15, 0.2) is 5.16 Å². The predicted octanol–water partition coefficient (Wildman–Crippen LogP) is 4.97. The van der Waals surface area contributed by atoms with Crippen LogP contribution in [0.3, 0.4) is 0 Å². The second-order valence-corrected chi connectivity index (χ2v) is 8.88. The number of rotatable bonds is 8. The molecule has 180 valence electrons. The van der Waals surface area contributed by atoms with Crippen molar-refractivity contribution in [3.05, 3.63) is 108 Å². The maximum absolute atomic E-state index is 12.6. The van der Waals surface area contributed by atoms with E-state index in [0.29, 0.717) is 17.1 Å². The third-order valence-electron chi connectivity index (χ3n) is 5.56. The number of benzene rings is 3. The number of nitrogens with zero attached hydrogens (tertiary/aromatic N) is 4. The molecule has 0 spiro atoms. The van der Waals surface area contributed by atoms with Crippen molar-refractivity contribution in [3.8, 4) is 5.69 Å². The van der Waals surface area contributed by atoms with Gasteiger partial charge in [0.05, 0.1) is 23.9 Å². The lowest BCUT2D eigenvalue weighted by Crippen LogP contribution is -2.10. The lowest BCUT2D eigenvalue weighted by molar-refractivity contribution is -0.133. The summed E-state index contributed by atoms with van der Waals surface area (Å²) in [5.74, 6) is 0.233. The van der Waals surface area contributed by atoms with Crippen LogP contribution in [-0.2, 0) is 16.0 Å². The van der Waals surface area contributed by atoms with Crippen LogP contribution in [0.2, 0.25) is 0 Å². The number of nitrogens with one attached hydrogen (secondary N) is 1. The molecule has 0 fully saturated rings. The zero-order valence-electron chi connectivity index (χ0n) is 19.5. The van der Waals surface area contributed by atoms with Gasteiger partial charge in [-0.2, -0.15) is 0 Å². The quantitative estimate of drug-likeness (QED) is 0.135. The monoisotopic (exact) mass is 497 g/mol. The van der Waals surface area contributed by atoms with Crippen LogP contribution in [0.5, 0.6) is 0 Å². The van der Waals surface area contributed by atoms with Gasteiger partial charge in [-0.3, -0.25) is 4.57 Å². The Morgan fingerprint density at radius 1 is 0.972 bits per heavy atom. The largest absolute Gasteiger partial charge is 0.510 e. The van der Waals surface area contributed by atoms with Crippen molar-refractivity contribution < 1.29 is 14.6 Å². The SMILES string of the molecule is COC(=O)/C(=C(/O)CSc1nnc(Cc2ccccc2)n1-c1ccccc1)c1nc2ccccc2[nH]1. The summed E-state index contributed by atoms with van der Waals surface area (Å²) < 4.78 is 6.90. The highest BCUT2D eigenvalue weighted by Crippen LogP contribution is 2.28. The van der Waals surface area contributed by atoms with E-state index in [-0.39, 0.29) is 22.9 Å². The Morgan fingerprint density at radius 3 is 2.39 bits per heavy atom. The smallest absolute Gasteiger partial charge is 0.345 e. The molecule has 0 saturated carbocycles. The van der Waals surface area contributed by atoms with Crippen molar-refractivity contribution in [2.24, 2.45) is 0 Å². The lowest BCUT2D eigenvalue weighted by atomic mass is 10.1. The number of hydrogen-bond donors (Lipinski definition) is 2. The average Bonchev–Trinajstić information content (AvgIpc) is 3.52. The first-order valence-electron chi connectivity index (χ1n) is 11.3. The van der Waals surface area contributed by atoms with Gasteiger partial charge in [-0.15, -0.1) is 10.2 Å². The molecule has 2 aromatic heterocycles. The molecule has 0 unspecified atom stereocenters. The van der Waals surface area contributed by atoms with Gasteiger partial charge in [-0.05, 0) is 29.8 Å². The third-order valence-corrected chi connectivity index (χ3v) is 6.50. The third kappa shape index (κ3) is 4.87. The molecule has 3 aromatic carbocycles. The minimum absolute atomic E-state index is 0.0171. The summed E-state index contributed by atoms with van der Waals surface area (Å²) >= 11 is 1.27. The van der Waals surface area contributed by atoms with Gasteiger partial charge in [0, 0.05) is 12.1 Å². The predicted molar refractivity (Wildman–Crippen MR) is 139 cm³/mol. The van der Waals surface area contributed by atoms with E-state index in [4.69, 9.17) is 4.74 Å². The molecular weight excluding hydrogens is 474 g/mol. The van der Waals surface area contributed by atoms with Gasteiger partial charge in [-0.25, -0.2) is 9.78 Å². The fourth-order valence-electron chi connectivity index (χ4n) is 3.85. The second kappa shape index (κ2) is 10.5. The molecule has 0 bridgehead atoms. The van der Waals surface area contributed by atoms with E-state index in [0.717, 1.165) is 22.6 Å². The van der Waals surface area contributed by atoms with E-state index in [1.165, 1.54) is 18.9 Å². The van der Waals surface area contributed by atoms with Crippen LogP contribution in [0.15, 0.2) is 95.8 Å². The van der Waals surface area contributed by atoms with Gasteiger partial charge >= 0.3 is 5.97 Å². The van der Waals surface area contributed by atoms with Crippen molar-refractivity contribution >= 4 is 34.3 Å². The number of methoxy groups -OCH3 is 1. The summed E-state index contributed by atoms with van der Waals surface area (Å²) in [6.45, 7) is 0. The topological polar surface area (TPSA) is 106 Å². The first-order chi connectivity index (χ1) is 17.6. The Bertz CT molecular complexity index is 1490. The summed E-state index contributed by atoms with van der Waals surface area (Å²) in [6, 6.07) is 27.2. The van der Waals surface area contributed by atoms with Crippen LogP contribution < -0.4 is 0 Å². The Balaban J connectivity index is 1.48. The van der Waals surface area contributed by atoms with E-state index in [1.54, 1.807) is 0 Å². The number of hydrogen-bond acceptors (Lipinski definition) is 7. The molecule has 2 heterocycles. The number of aliphatic hydroxyl groups excluding tert-OH is 1. The first-order valence-corrected chi connectivity index (χ1v) is 12.2. The van der Waals surface area contributed by atoms with Crippen LogP contribution in [0.4, 0.5) is 0 Å². The van der Waals surface area contributed by atoms with Crippen LogP contribution in [0, 0.1) is 0 Å². The average molecular weight is 498 g/mol. The fraction of sp³-hybridized carbons (Fsp3) is 0.111. The number of carbonyl (C=O) groups is 1. The number of aromatic amines is 1. The summed E-state index contributed by atoms with van der Waals surface area (Å²) in [4.78, 5) is 20.1. The summed E-state index contributed by atoms with van der Waals surface area (Å²) in [5, 5.41) is 20.4.